The molecule has 20 heavy (non-hydrogen) atoms. The Morgan fingerprint density at radius 1 is 1.15 bits per heavy atom. The van der Waals surface area contributed by atoms with Crippen LogP contribution in [0.15, 0.2) is 4.99 Å². The van der Waals surface area contributed by atoms with Gasteiger partial charge in [-0.05, 0) is 33.1 Å². The molecule has 0 atom stereocenters. The molecule has 0 saturated carbocycles. The number of aliphatic imine (C=N–C) groups is 1. The second-order valence-electron chi connectivity index (χ2n) is 6.54. The first-order valence-corrected chi connectivity index (χ1v) is 7.50. The minimum Gasteiger partial charge on any atom is -0.356 e. The Labute approximate surface area is 124 Å². The highest BCUT2D eigenvalue weighted by Gasteiger charge is 2.13. The van der Waals surface area contributed by atoms with Gasteiger partial charge in [-0.2, -0.15) is 0 Å². The average molecular weight is 284 g/mol. The Bertz CT molecular complexity index is 305. The highest BCUT2D eigenvalue weighted by Crippen LogP contribution is 2.04. The molecule has 0 fully saturated rings. The van der Waals surface area contributed by atoms with Crippen molar-refractivity contribution < 1.29 is 4.79 Å². The third-order valence-corrected chi connectivity index (χ3v) is 2.66. The van der Waals surface area contributed by atoms with Crippen molar-refractivity contribution in [3.63, 3.8) is 0 Å². The molecule has 0 rings (SSSR count). The molecule has 0 unspecified atom stereocenters. The number of hydrogen-bond acceptors (Lipinski definition) is 2. The maximum absolute atomic E-state index is 11.7. The largest absolute Gasteiger partial charge is 0.356 e. The number of hydrogen-bond donors (Lipinski definition) is 3. The number of guanidine groups is 1. The Morgan fingerprint density at radius 2 is 1.80 bits per heavy atom. The fraction of sp³-hybridized carbons (Fsp3) is 0.867. The second kappa shape index (κ2) is 9.61. The quantitative estimate of drug-likeness (QED) is 0.380. The normalized spacial score (nSPS) is 12.4. The molecule has 0 aromatic carbocycles. The van der Waals surface area contributed by atoms with Gasteiger partial charge in [-0.1, -0.05) is 26.7 Å². The van der Waals surface area contributed by atoms with Gasteiger partial charge in [-0.25, -0.2) is 0 Å². The highest BCUT2D eigenvalue weighted by molar-refractivity contribution is 5.86. The van der Waals surface area contributed by atoms with Crippen molar-refractivity contribution in [2.24, 2.45) is 10.9 Å². The first-order valence-electron chi connectivity index (χ1n) is 7.50. The SMILES string of the molecule is CN=C(NCCCCC(C)C)NCC(=O)NC(C)(C)C. The number of unbranched alkanes of at least 4 members (excludes halogenated alkanes) is 1. The zero-order valence-corrected chi connectivity index (χ0v) is 14.0. The van der Waals surface area contributed by atoms with Crippen LogP contribution in [-0.2, 0) is 4.79 Å². The van der Waals surface area contributed by atoms with Crippen LogP contribution in [-0.4, -0.2) is 37.5 Å². The molecule has 0 spiro atoms. The first-order chi connectivity index (χ1) is 9.24. The summed E-state index contributed by atoms with van der Waals surface area (Å²) in [6.07, 6.45) is 3.58. The monoisotopic (exact) mass is 284 g/mol. The summed E-state index contributed by atoms with van der Waals surface area (Å²) < 4.78 is 0. The summed E-state index contributed by atoms with van der Waals surface area (Å²) in [5.74, 6) is 1.41. The fourth-order valence-electron chi connectivity index (χ4n) is 1.73. The number of nitrogens with one attached hydrogen (secondary N) is 3. The van der Waals surface area contributed by atoms with Crippen LogP contribution in [0.4, 0.5) is 0 Å². The molecule has 0 aromatic heterocycles. The van der Waals surface area contributed by atoms with E-state index >= 15 is 0 Å². The van der Waals surface area contributed by atoms with Gasteiger partial charge < -0.3 is 16.0 Å². The van der Waals surface area contributed by atoms with Crippen molar-refractivity contribution in [3.8, 4) is 0 Å². The summed E-state index contributed by atoms with van der Waals surface area (Å²) in [7, 11) is 1.71. The molecule has 0 aromatic rings. The van der Waals surface area contributed by atoms with E-state index in [-0.39, 0.29) is 18.0 Å². The van der Waals surface area contributed by atoms with Crippen molar-refractivity contribution >= 4 is 11.9 Å². The van der Waals surface area contributed by atoms with Gasteiger partial charge in [0.15, 0.2) is 5.96 Å². The standard InChI is InChI=1S/C15H32N4O/c1-12(2)9-7-8-10-17-14(16-6)18-11-13(20)19-15(3,4)5/h12H,7-11H2,1-6H3,(H,19,20)(H2,16,17,18). The van der Waals surface area contributed by atoms with Crippen LogP contribution in [0.25, 0.3) is 0 Å². The van der Waals surface area contributed by atoms with Crippen LogP contribution < -0.4 is 16.0 Å². The van der Waals surface area contributed by atoms with E-state index in [4.69, 9.17) is 0 Å². The van der Waals surface area contributed by atoms with E-state index in [0.29, 0.717) is 5.96 Å². The minimum absolute atomic E-state index is 0.0275. The molecule has 0 bridgehead atoms. The van der Waals surface area contributed by atoms with E-state index < -0.39 is 0 Å². The maximum Gasteiger partial charge on any atom is 0.239 e. The summed E-state index contributed by atoms with van der Waals surface area (Å²) >= 11 is 0. The molecule has 0 aliphatic rings. The highest BCUT2D eigenvalue weighted by atomic mass is 16.2. The second-order valence-corrected chi connectivity index (χ2v) is 6.54. The lowest BCUT2D eigenvalue weighted by molar-refractivity contribution is -0.121. The van der Waals surface area contributed by atoms with Gasteiger partial charge in [0.1, 0.15) is 0 Å². The zero-order chi connectivity index (χ0) is 15.6. The number of carbonyl (C=O) groups is 1. The lowest BCUT2D eigenvalue weighted by Crippen LogP contribution is -2.48. The van der Waals surface area contributed by atoms with Crippen LogP contribution in [0, 0.1) is 5.92 Å². The Kier molecular flexibility index (Phi) is 9.01. The van der Waals surface area contributed by atoms with E-state index in [1.54, 1.807) is 7.05 Å². The lowest BCUT2D eigenvalue weighted by Gasteiger charge is -2.21. The van der Waals surface area contributed by atoms with Crippen LogP contribution in [0.1, 0.15) is 53.9 Å². The van der Waals surface area contributed by atoms with Gasteiger partial charge in [-0.15, -0.1) is 0 Å². The van der Waals surface area contributed by atoms with Crippen molar-refractivity contribution in [2.75, 3.05) is 20.1 Å². The van der Waals surface area contributed by atoms with Crippen LogP contribution in [0.2, 0.25) is 0 Å². The topological polar surface area (TPSA) is 65.5 Å². The zero-order valence-electron chi connectivity index (χ0n) is 14.0. The summed E-state index contributed by atoms with van der Waals surface area (Å²) in [6.45, 7) is 11.5. The molecule has 0 radical (unpaired) electrons. The smallest absolute Gasteiger partial charge is 0.239 e. The third-order valence-electron chi connectivity index (χ3n) is 2.66. The van der Waals surface area contributed by atoms with E-state index in [2.05, 4.69) is 34.8 Å². The molecule has 3 N–H and O–H groups in total. The minimum atomic E-state index is -0.202. The summed E-state index contributed by atoms with van der Waals surface area (Å²) in [6, 6.07) is 0. The van der Waals surface area contributed by atoms with E-state index in [1.165, 1.54) is 12.8 Å². The van der Waals surface area contributed by atoms with Crippen LogP contribution >= 0.6 is 0 Å². The van der Waals surface area contributed by atoms with Gasteiger partial charge in [0.05, 0.1) is 6.54 Å². The van der Waals surface area contributed by atoms with E-state index in [0.717, 1.165) is 18.9 Å². The first kappa shape index (κ1) is 18.7. The molecular weight excluding hydrogens is 252 g/mol. The van der Waals surface area contributed by atoms with E-state index in [1.807, 2.05) is 20.8 Å². The number of rotatable bonds is 7. The van der Waals surface area contributed by atoms with Crippen molar-refractivity contribution in [1.29, 1.82) is 0 Å². The molecule has 0 saturated heterocycles. The Morgan fingerprint density at radius 3 is 2.30 bits per heavy atom. The van der Waals surface area contributed by atoms with Crippen molar-refractivity contribution in [1.82, 2.24) is 16.0 Å². The summed E-state index contributed by atoms with van der Waals surface area (Å²) in [4.78, 5) is 15.8. The van der Waals surface area contributed by atoms with Gasteiger partial charge in [-0.3, -0.25) is 9.79 Å². The Balaban J connectivity index is 3.80. The molecule has 0 aliphatic carbocycles. The molecule has 118 valence electrons. The van der Waals surface area contributed by atoms with Gasteiger partial charge >= 0.3 is 0 Å². The van der Waals surface area contributed by atoms with Gasteiger partial charge in [0.25, 0.3) is 0 Å². The predicted molar refractivity (Wildman–Crippen MR) is 85.9 cm³/mol. The number of nitrogens with zero attached hydrogens (tertiary/aromatic N) is 1. The van der Waals surface area contributed by atoms with Crippen molar-refractivity contribution in [2.45, 2.75) is 59.4 Å². The number of amides is 1. The predicted octanol–water partition coefficient (Wildman–Crippen LogP) is 1.89. The molecule has 0 heterocycles. The van der Waals surface area contributed by atoms with Crippen LogP contribution in [0.5, 0.6) is 0 Å². The van der Waals surface area contributed by atoms with Crippen LogP contribution in [0.3, 0.4) is 0 Å². The summed E-state index contributed by atoms with van der Waals surface area (Å²) in [5, 5.41) is 9.14. The summed E-state index contributed by atoms with van der Waals surface area (Å²) in [5.41, 5.74) is -0.202. The Hall–Kier alpha value is -1.26. The molecule has 0 aliphatic heterocycles. The number of carbonyl (C=O) groups excluding carboxylic acids is 1. The molecule has 5 heteroatoms. The van der Waals surface area contributed by atoms with Gasteiger partial charge in [0, 0.05) is 19.1 Å². The average Bonchev–Trinajstić information content (AvgIpc) is 2.30. The van der Waals surface area contributed by atoms with Gasteiger partial charge in [0.2, 0.25) is 5.91 Å². The molecular formula is C15H32N4O. The van der Waals surface area contributed by atoms with E-state index in [9.17, 15) is 4.79 Å². The lowest BCUT2D eigenvalue weighted by atomic mass is 10.1. The molecule has 5 nitrogen and oxygen atoms in total. The molecule has 1 amide bonds. The third kappa shape index (κ3) is 11.8. The maximum atomic E-state index is 11.7. The fourth-order valence-corrected chi connectivity index (χ4v) is 1.73. The van der Waals surface area contributed by atoms with Crippen molar-refractivity contribution in [3.05, 3.63) is 0 Å².